The number of carbonyl (C=O) groups is 1. The molecule has 5 nitrogen and oxygen atoms in total. The molecule has 2 aliphatic heterocycles. The minimum Gasteiger partial charge on any atom is -0.460 e. The maximum atomic E-state index is 12.8. The number of piperazine rings is 1. The van der Waals surface area contributed by atoms with Crippen LogP contribution in [0.15, 0.2) is 65.1 Å². The van der Waals surface area contributed by atoms with Crippen LogP contribution in [0.5, 0.6) is 0 Å². The molecule has 33 heavy (non-hydrogen) atoms. The van der Waals surface area contributed by atoms with Gasteiger partial charge in [-0.1, -0.05) is 35.3 Å². The van der Waals surface area contributed by atoms with Gasteiger partial charge in [-0.25, -0.2) is 0 Å². The molecule has 7 heteroatoms. The molecule has 0 bridgehead atoms. The van der Waals surface area contributed by atoms with E-state index in [0.29, 0.717) is 21.7 Å². The molecular weight excluding hydrogens is 457 g/mol. The quantitative estimate of drug-likeness (QED) is 0.494. The lowest BCUT2D eigenvalue weighted by atomic mass is 10.2. The molecule has 2 aliphatic rings. The topological polar surface area (TPSA) is 39.9 Å². The number of nitrogens with zero attached hydrogens (tertiary/aromatic N) is 3. The van der Waals surface area contributed by atoms with E-state index >= 15 is 0 Å². The van der Waals surface area contributed by atoms with Crippen LogP contribution >= 0.6 is 23.2 Å². The van der Waals surface area contributed by atoms with Crippen LogP contribution in [0, 0.1) is 0 Å². The number of furan rings is 1. The van der Waals surface area contributed by atoms with Crippen LogP contribution in [0.3, 0.4) is 0 Å². The van der Waals surface area contributed by atoms with E-state index in [2.05, 4.69) is 9.80 Å². The largest absolute Gasteiger partial charge is 0.460 e. The first-order valence-electron chi connectivity index (χ1n) is 11.4. The summed E-state index contributed by atoms with van der Waals surface area (Å²) >= 11 is 12.3. The molecule has 0 radical (unpaired) electrons. The Balaban J connectivity index is 1.12. The Bertz CT molecular complexity index is 1110. The van der Waals surface area contributed by atoms with Gasteiger partial charge in [0.05, 0.1) is 11.6 Å². The van der Waals surface area contributed by atoms with Gasteiger partial charge in [0.25, 0.3) is 5.91 Å². The summed E-state index contributed by atoms with van der Waals surface area (Å²) in [5.74, 6) is 1.87. The minimum atomic E-state index is 0.0972. The van der Waals surface area contributed by atoms with Crippen LogP contribution < -0.4 is 0 Å². The molecule has 2 saturated heterocycles. The molecule has 0 spiro atoms. The van der Waals surface area contributed by atoms with Crippen molar-refractivity contribution in [1.82, 2.24) is 14.7 Å². The van der Waals surface area contributed by atoms with Crippen LogP contribution in [0.4, 0.5) is 0 Å². The van der Waals surface area contributed by atoms with Crippen molar-refractivity contribution in [3.63, 3.8) is 0 Å². The number of carbonyl (C=O) groups excluding carboxylic acids is 1. The fourth-order valence-corrected chi connectivity index (χ4v) is 5.13. The summed E-state index contributed by atoms with van der Waals surface area (Å²) in [5.41, 5.74) is 1.63. The second kappa shape index (κ2) is 9.90. The van der Waals surface area contributed by atoms with Gasteiger partial charge in [-0.2, -0.15) is 0 Å². The maximum Gasteiger partial charge on any atom is 0.253 e. The fraction of sp³-hybridized carbons (Fsp3) is 0.346. The molecule has 1 amide bonds. The van der Waals surface area contributed by atoms with Crippen molar-refractivity contribution in [1.29, 1.82) is 0 Å². The van der Waals surface area contributed by atoms with E-state index in [-0.39, 0.29) is 5.91 Å². The average molecular weight is 484 g/mol. The number of amides is 1. The summed E-state index contributed by atoms with van der Waals surface area (Å²) in [6.45, 7) is 6.39. The molecule has 0 N–H and O–H groups in total. The van der Waals surface area contributed by atoms with Gasteiger partial charge in [-0.15, -0.1) is 0 Å². The van der Waals surface area contributed by atoms with E-state index in [1.54, 1.807) is 12.1 Å². The van der Waals surface area contributed by atoms with E-state index in [9.17, 15) is 4.79 Å². The number of rotatable bonds is 5. The Morgan fingerprint density at radius 2 is 1.67 bits per heavy atom. The van der Waals surface area contributed by atoms with E-state index < -0.39 is 0 Å². The van der Waals surface area contributed by atoms with Crippen LogP contribution in [0.2, 0.25) is 10.0 Å². The number of halogens is 2. The molecule has 0 saturated carbocycles. The molecular formula is C26H27Cl2N3O2. The summed E-state index contributed by atoms with van der Waals surface area (Å²) in [6.07, 6.45) is 1.03. The Morgan fingerprint density at radius 1 is 0.909 bits per heavy atom. The highest BCUT2D eigenvalue weighted by molar-refractivity contribution is 6.33. The lowest BCUT2D eigenvalue weighted by molar-refractivity contribution is 0.0726. The Hall–Kier alpha value is -2.31. The summed E-state index contributed by atoms with van der Waals surface area (Å²) in [5, 5.41) is 1.35. The standard InChI is InChI=1S/C26H27Cl2N3O2/c27-20-7-5-19(6-8-20)26(32)31-12-11-21(17-31)30-15-13-29(14-16-30)18-22-9-10-25(33-22)23-3-1-2-4-24(23)28/h1-10,21H,11-18H2. The number of likely N-dealkylation sites (tertiary alicyclic amines) is 1. The second-order valence-electron chi connectivity index (χ2n) is 8.76. The van der Waals surface area contributed by atoms with E-state index in [1.807, 2.05) is 53.4 Å². The highest BCUT2D eigenvalue weighted by Gasteiger charge is 2.32. The number of hydrogen-bond acceptors (Lipinski definition) is 4. The SMILES string of the molecule is O=C(c1ccc(Cl)cc1)N1CCC(N2CCN(Cc3ccc(-c4ccccc4Cl)o3)CC2)C1. The molecule has 0 aliphatic carbocycles. The zero-order valence-electron chi connectivity index (χ0n) is 18.4. The summed E-state index contributed by atoms with van der Waals surface area (Å²) in [6, 6.07) is 19.4. The van der Waals surface area contributed by atoms with Crippen LogP contribution in [-0.4, -0.2) is 65.9 Å². The van der Waals surface area contributed by atoms with Gasteiger partial charge >= 0.3 is 0 Å². The monoisotopic (exact) mass is 483 g/mol. The number of benzene rings is 2. The lowest BCUT2D eigenvalue weighted by Gasteiger charge is -2.37. The Kier molecular flexibility index (Phi) is 6.74. The third-order valence-electron chi connectivity index (χ3n) is 6.65. The Labute approximate surface area is 204 Å². The van der Waals surface area contributed by atoms with Crippen LogP contribution in [0.1, 0.15) is 22.5 Å². The van der Waals surface area contributed by atoms with E-state index in [0.717, 1.165) is 69.3 Å². The fourth-order valence-electron chi connectivity index (χ4n) is 4.78. The lowest BCUT2D eigenvalue weighted by Crippen LogP contribution is -2.50. The molecule has 3 aromatic rings. The predicted molar refractivity (Wildman–Crippen MR) is 132 cm³/mol. The molecule has 1 unspecified atom stereocenters. The molecule has 5 rings (SSSR count). The molecule has 172 valence electrons. The van der Waals surface area contributed by atoms with Gasteiger partial charge < -0.3 is 9.32 Å². The predicted octanol–water partition coefficient (Wildman–Crippen LogP) is 5.29. The summed E-state index contributed by atoms with van der Waals surface area (Å²) in [7, 11) is 0. The number of hydrogen-bond donors (Lipinski definition) is 0. The van der Waals surface area contributed by atoms with Crippen LogP contribution in [0.25, 0.3) is 11.3 Å². The van der Waals surface area contributed by atoms with Gasteiger partial charge in [0.1, 0.15) is 11.5 Å². The van der Waals surface area contributed by atoms with E-state index in [4.69, 9.17) is 27.6 Å². The minimum absolute atomic E-state index is 0.0972. The van der Waals surface area contributed by atoms with Crippen molar-refractivity contribution in [3.8, 4) is 11.3 Å². The molecule has 1 atom stereocenters. The summed E-state index contributed by atoms with van der Waals surface area (Å²) < 4.78 is 6.08. The first-order chi connectivity index (χ1) is 16.1. The van der Waals surface area contributed by atoms with Crippen molar-refractivity contribution < 1.29 is 9.21 Å². The third-order valence-corrected chi connectivity index (χ3v) is 7.23. The van der Waals surface area contributed by atoms with Crippen LogP contribution in [-0.2, 0) is 6.54 Å². The van der Waals surface area contributed by atoms with Gasteiger partial charge in [0.15, 0.2) is 0 Å². The zero-order valence-corrected chi connectivity index (χ0v) is 19.9. The van der Waals surface area contributed by atoms with Gasteiger partial charge in [0, 0.05) is 61.5 Å². The van der Waals surface area contributed by atoms with E-state index in [1.165, 1.54) is 0 Å². The Morgan fingerprint density at radius 3 is 2.42 bits per heavy atom. The van der Waals surface area contributed by atoms with Crippen molar-refractivity contribution in [2.75, 3.05) is 39.3 Å². The molecule has 1 aromatic heterocycles. The van der Waals surface area contributed by atoms with Gasteiger partial charge in [-0.05, 0) is 55.0 Å². The maximum absolute atomic E-state index is 12.8. The van der Waals surface area contributed by atoms with Gasteiger partial charge in [0.2, 0.25) is 0 Å². The average Bonchev–Trinajstić information content (AvgIpc) is 3.50. The van der Waals surface area contributed by atoms with Crippen molar-refractivity contribution >= 4 is 29.1 Å². The third kappa shape index (κ3) is 5.12. The first kappa shape index (κ1) is 22.5. The van der Waals surface area contributed by atoms with Crippen molar-refractivity contribution in [2.24, 2.45) is 0 Å². The first-order valence-corrected chi connectivity index (χ1v) is 12.2. The van der Waals surface area contributed by atoms with Crippen molar-refractivity contribution in [3.05, 3.63) is 82.0 Å². The molecule has 2 aromatic carbocycles. The second-order valence-corrected chi connectivity index (χ2v) is 9.60. The summed E-state index contributed by atoms with van der Waals surface area (Å²) in [4.78, 5) is 19.7. The highest BCUT2D eigenvalue weighted by Crippen LogP contribution is 2.29. The normalized spacial score (nSPS) is 19.8. The zero-order chi connectivity index (χ0) is 22.8. The van der Waals surface area contributed by atoms with Crippen molar-refractivity contribution in [2.45, 2.75) is 19.0 Å². The molecule has 3 heterocycles. The highest BCUT2D eigenvalue weighted by atomic mass is 35.5. The van der Waals surface area contributed by atoms with Gasteiger partial charge in [-0.3, -0.25) is 14.6 Å². The molecule has 2 fully saturated rings. The smallest absolute Gasteiger partial charge is 0.253 e.